The van der Waals surface area contributed by atoms with E-state index in [9.17, 15) is 21.6 Å². The zero-order valence-electron chi connectivity index (χ0n) is 15.2. The van der Waals surface area contributed by atoms with Crippen molar-refractivity contribution < 1.29 is 21.6 Å². The van der Waals surface area contributed by atoms with Crippen LogP contribution in [0.15, 0.2) is 75.4 Å². The molecule has 2 aromatic rings. The van der Waals surface area contributed by atoms with E-state index in [1.165, 1.54) is 30.5 Å². The monoisotopic (exact) mass is 409 g/mol. The lowest BCUT2D eigenvalue weighted by molar-refractivity contribution is -0.137. The summed E-state index contributed by atoms with van der Waals surface area (Å²) in [5, 5.41) is 7.59. The van der Waals surface area contributed by atoms with Crippen molar-refractivity contribution in [3.05, 3.63) is 65.9 Å². The molecular weight excluding hydrogens is 391 g/mol. The molecule has 1 N–H and O–H groups in total. The Morgan fingerprint density at radius 1 is 0.929 bits per heavy atom. The lowest BCUT2D eigenvalue weighted by atomic mass is 9.97. The second-order valence-corrected chi connectivity index (χ2v) is 8.58. The lowest BCUT2D eigenvalue weighted by Crippen LogP contribution is -2.45. The third kappa shape index (κ3) is 4.31. The van der Waals surface area contributed by atoms with Crippen molar-refractivity contribution in [2.45, 2.75) is 30.5 Å². The average Bonchev–Trinajstić information content (AvgIpc) is 3.16. The minimum Gasteiger partial charge on any atom is -0.207 e. The molecule has 2 aromatic carbocycles. The van der Waals surface area contributed by atoms with Crippen LogP contribution in [0, 0.1) is 0 Å². The normalized spacial score (nSPS) is 15.0. The van der Waals surface area contributed by atoms with Crippen molar-refractivity contribution in [3.63, 3.8) is 0 Å². The summed E-state index contributed by atoms with van der Waals surface area (Å²) in [6.07, 6.45) is -2.86. The predicted molar refractivity (Wildman–Crippen MR) is 99.1 cm³/mol. The first-order valence-corrected chi connectivity index (χ1v) is 9.85. The molecule has 0 aromatic heterocycles. The Labute approximate surface area is 161 Å². The molecule has 5 nitrogen and oxygen atoms in total. The summed E-state index contributed by atoms with van der Waals surface area (Å²) >= 11 is 0. The molecule has 1 aliphatic rings. The van der Waals surface area contributed by atoms with Gasteiger partial charge in [-0.3, -0.25) is 0 Å². The van der Waals surface area contributed by atoms with Gasteiger partial charge in [-0.05, 0) is 54.8 Å². The Kier molecular flexibility index (Phi) is 5.16. The molecule has 0 bridgehead atoms. The van der Waals surface area contributed by atoms with Crippen LogP contribution < -0.4 is 4.72 Å². The minimum atomic E-state index is -4.40. The molecule has 0 unspecified atom stereocenters. The molecule has 0 saturated carbocycles. The van der Waals surface area contributed by atoms with Crippen LogP contribution in [-0.2, 0) is 16.2 Å². The summed E-state index contributed by atoms with van der Waals surface area (Å²) in [5.74, 6) is 0. The molecule has 148 valence electrons. The van der Waals surface area contributed by atoms with Gasteiger partial charge in [-0.2, -0.15) is 23.4 Å². The van der Waals surface area contributed by atoms with Gasteiger partial charge in [0.1, 0.15) is 0 Å². The van der Waals surface area contributed by atoms with Gasteiger partial charge in [-0.25, -0.2) is 13.1 Å². The molecule has 0 aliphatic carbocycles. The fourth-order valence-corrected chi connectivity index (χ4v) is 4.18. The molecule has 0 spiro atoms. The summed E-state index contributed by atoms with van der Waals surface area (Å²) in [6, 6.07) is 10.7. The first-order chi connectivity index (χ1) is 13.0. The van der Waals surface area contributed by atoms with Crippen LogP contribution in [0.25, 0.3) is 11.1 Å². The molecule has 0 amide bonds. The highest BCUT2D eigenvalue weighted by Crippen LogP contribution is 2.31. The third-order valence-electron chi connectivity index (χ3n) is 4.44. The van der Waals surface area contributed by atoms with Crippen LogP contribution in [-0.4, -0.2) is 20.5 Å². The number of halogens is 3. The summed E-state index contributed by atoms with van der Waals surface area (Å²) in [6.45, 7) is 3.79. The number of hydrogen-bond donors (Lipinski definition) is 1. The highest BCUT2D eigenvalue weighted by molar-refractivity contribution is 7.89. The smallest absolute Gasteiger partial charge is 0.207 e. The maximum absolute atomic E-state index is 12.7. The van der Waals surface area contributed by atoms with Gasteiger partial charge in [-0.1, -0.05) is 24.3 Å². The number of azo groups is 1. The zero-order chi connectivity index (χ0) is 20.6. The summed E-state index contributed by atoms with van der Waals surface area (Å²) in [7, 11) is -3.80. The number of sulfonamides is 1. The fraction of sp³-hybridized carbons (Fsp3) is 0.263. The largest absolute Gasteiger partial charge is 0.416 e. The number of nitrogens with zero attached hydrogens (tertiary/aromatic N) is 2. The molecule has 1 aliphatic heterocycles. The summed E-state index contributed by atoms with van der Waals surface area (Å²) < 4.78 is 66.0. The number of nitrogens with one attached hydrogen (secondary N) is 1. The quantitative estimate of drug-likeness (QED) is 0.772. The molecule has 0 fully saturated rings. The predicted octanol–water partition coefficient (Wildman–Crippen LogP) is 4.78. The highest BCUT2D eigenvalue weighted by Gasteiger charge is 2.31. The topological polar surface area (TPSA) is 70.9 Å². The van der Waals surface area contributed by atoms with E-state index < -0.39 is 27.3 Å². The Balaban J connectivity index is 1.80. The van der Waals surface area contributed by atoms with E-state index >= 15 is 0 Å². The number of rotatable bonds is 5. The fourth-order valence-electron chi connectivity index (χ4n) is 2.77. The van der Waals surface area contributed by atoms with Gasteiger partial charge in [0.15, 0.2) is 0 Å². The first-order valence-electron chi connectivity index (χ1n) is 8.37. The van der Waals surface area contributed by atoms with Crippen molar-refractivity contribution in [3.8, 4) is 11.1 Å². The van der Waals surface area contributed by atoms with Gasteiger partial charge in [0.2, 0.25) is 10.0 Å². The van der Waals surface area contributed by atoms with E-state index in [0.29, 0.717) is 17.7 Å². The van der Waals surface area contributed by atoms with Crippen LogP contribution in [0.2, 0.25) is 0 Å². The van der Waals surface area contributed by atoms with E-state index in [4.69, 9.17) is 0 Å². The Hall–Kier alpha value is -2.52. The van der Waals surface area contributed by atoms with Gasteiger partial charge in [0.05, 0.1) is 28.7 Å². The maximum Gasteiger partial charge on any atom is 0.416 e. The minimum absolute atomic E-state index is 0.0590. The molecule has 28 heavy (non-hydrogen) atoms. The van der Waals surface area contributed by atoms with Gasteiger partial charge in [0, 0.05) is 0 Å². The second kappa shape index (κ2) is 7.14. The molecule has 9 heteroatoms. The molecule has 0 atom stereocenters. The van der Waals surface area contributed by atoms with Crippen LogP contribution in [0.5, 0.6) is 0 Å². The number of benzene rings is 2. The van der Waals surface area contributed by atoms with Gasteiger partial charge in [0.25, 0.3) is 0 Å². The Morgan fingerprint density at radius 3 is 1.93 bits per heavy atom. The maximum atomic E-state index is 12.7. The van der Waals surface area contributed by atoms with Crippen molar-refractivity contribution in [1.82, 2.24) is 4.72 Å². The van der Waals surface area contributed by atoms with Crippen LogP contribution in [0.3, 0.4) is 0 Å². The molecule has 0 radical (unpaired) electrons. The van der Waals surface area contributed by atoms with E-state index in [2.05, 4.69) is 15.0 Å². The molecule has 1 heterocycles. The molecular formula is C19H18F3N3O2S. The van der Waals surface area contributed by atoms with Crippen molar-refractivity contribution in [2.24, 2.45) is 10.2 Å². The standard InChI is InChI=1S/C19H18F3N3O2S/c1-18(2,16-11-23-24-12-16)25-28(26,27)17-9-5-14(6-10-17)13-3-7-15(8-4-13)19(20,21)22/h3-11,25H,12H2,1-2H3. The summed E-state index contributed by atoms with van der Waals surface area (Å²) in [4.78, 5) is 0.0590. The average molecular weight is 409 g/mol. The SMILES string of the molecule is CC(C)(NS(=O)(=O)c1ccc(-c2ccc(C(F)(F)F)cc2)cc1)C1=CN=NC1. The van der Waals surface area contributed by atoms with Crippen LogP contribution >= 0.6 is 0 Å². The highest BCUT2D eigenvalue weighted by atomic mass is 32.2. The number of alkyl halides is 3. The second-order valence-electron chi connectivity index (χ2n) is 6.90. The first kappa shape index (κ1) is 20.2. The van der Waals surface area contributed by atoms with Crippen molar-refractivity contribution >= 4 is 10.0 Å². The van der Waals surface area contributed by atoms with Crippen molar-refractivity contribution in [1.29, 1.82) is 0 Å². The number of hydrogen-bond acceptors (Lipinski definition) is 4. The lowest BCUT2D eigenvalue weighted by Gasteiger charge is -2.26. The summed E-state index contributed by atoms with van der Waals surface area (Å²) in [5.41, 5.74) is 0.334. The third-order valence-corrected chi connectivity index (χ3v) is 6.11. The van der Waals surface area contributed by atoms with Gasteiger partial charge < -0.3 is 0 Å². The van der Waals surface area contributed by atoms with E-state index in [1.807, 2.05) is 0 Å². The Bertz CT molecular complexity index is 1020. The van der Waals surface area contributed by atoms with Gasteiger partial charge in [-0.15, -0.1) is 0 Å². The van der Waals surface area contributed by atoms with E-state index in [-0.39, 0.29) is 4.90 Å². The molecule has 3 rings (SSSR count). The zero-order valence-corrected chi connectivity index (χ0v) is 16.0. The van der Waals surface area contributed by atoms with Gasteiger partial charge >= 0.3 is 6.18 Å². The van der Waals surface area contributed by atoms with E-state index in [1.54, 1.807) is 26.0 Å². The van der Waals surface area contributed by atoms with Crippen molar-refractivity contribution in [2.75, 3.05) is 6.54 Å². The molecule has 0 saturated heterocycles. The Morgan fingerprint density at radius 2 is 1.46 bits per heavy atom. The van der Waals surface area contributed by atoms with Crippen LogP contribution in [0.4, 0.5) is 13.2 Å². The van der Waals surface area contributed by atoms with E-state index in [0.717, 1.165) is 17.7 Å². The van der Waals surface area contributed by atoms with Crippen LogP contribution in [0.1, 0.15) is 19.4 Å².